The van der Waals surface area contributed by atoms with Crippen LogP contribution in [0.25, 0.3) is 0 Å². The monoisotopic (exact) mass is 247 g/mol. The van der Waals surface area contributed by atoms with Gasteiger partial charge in [0, 0.05) is 36.5 Å². The van der Waals surface area contributed by atoms with Crippen LogP contribution < -0.4 is 10.6 Å². The summed E-state index contributed by atoms with van der Waals surface area (Å²) in [5, 5.41) is 16.3. The molecule has 0 atom stereocenters. The van der Waals surface area contributed by atoms with Crippen molar-refractivity contribution in [3.63, 3.8) is 0 Å². The van der Waals surface area contributed by atoms with E-state index in [-0.39, 0.29) is 11.6 Å². The van der Waals surface area contributed by atoms with E-state index in [1.807, 2.05) is 0 Å². The summed E-state index contributed by atoms with van der Waals surface area (Å²) in [6.07, 6.45) is 0. The lowest BCUT2D eigenvalue weighted by Crippen LogP contribution is -2.36. The highest BCUT2D eigenvalue weighted by molar-refractivity contribution is 6.04. The smallest absolute Gasteiger partial charge is 0.269 e. The number of non-ortho nitro benzene ring substituents is 1. The molecule has 1 amide bonds. The summed E-state index contributed by atoms with van der Waals surface area (Å²) in [4.78, 5) is 21.8. The van der Waals surface area contributed by atoms with E-state index in [4.69, 9.17) is 0 Å². The maximum Gasteiger partial charge on any atom is 0.269 e. The van der Waals surface area contributed by atoms with Gasteiger partial charge in [0.1, 0.15) is 0 Å². The normalized spacial score (nSPS) is 13.7. The van der Waals surface area contributed by atoms with E-state index in [9.17, 15) is 14.9 Å². The van der Waals surface area contributed by atoms with Crippen molar-refractivity contribution in [3.05, 3.63) is 45.5 Å². The van der Waals surface area contributed by atoms with Gasteiger partial charge in [-0.1, -0.05) is 0 Å². The van der Waals surface area contributed by atoms with Crippen molar-refractivity contribution >= 4 is 17.3 Å². The van der Waals surface area contributed by atoms with Gasteiger partial charge in [-0.15, -0.1) is 0 Å². The number of rotatable bonds is 3. The number of carbonyl (C=O) groups is 1. The maximum absolute atomic E-state index is 11.8. The zero-order valence-corrected chi connectivity index (χ0v) is 9.90. The van der Waals surface area contributed by atoms with E-state index in [0.717, 1.165) is 18.7 Å². The molecule has 0 aromatic heterocycles. The molecule has 1 aliphatic rings. The van der Waals surface area contributed by atoms with Gasteiger partial charge in [0.25, 0.3) is 11.6 Å². The molecule has 1 aliphatic heterocycles. The standard InChI is InChI=1S/C12H13N3O3/c1-8(9-6-13-7-9)12(16)14-10-2-4-11(5-3-10)15(17)18/h2-5,13H,6-7H2,1H3,(H,14,16). The molecule has 1 fully saturated rings. The van der Waals surface area contributed by atoms with Crippen LogP contribution >= 0.6 is 0 Å². The minimum atomic E-state index is -0.473. The number of nitro benzene ring substituents is 1. The highest BCUT2D eigenvalue weighted by Crippen LogP contribution is 2.17. The van der Waals surface area contributed by atoms with E-state index >= 15 is 0 Å². The average Bonchev–Trinajstić information content (AvgIpc) is 2.27. The van der Waals surface area contributed by atoms with E-state index in [0.29, 0.717) is 11.3 Å². The largest absolute Gasteiger partial charge is 0.322 e. The highest BCUT2D eigenvalue weighted by Gasteiger charge is 2.16. The zero-order chi connectivity index (χ0) is 13.1. The van der Waals surface area contributed by atoms with Crippen LogP contribution in [0, 0.1) is 10.1 Å². The fourth-order valence-electron chi connectivity index (χ4n) is 1.57. The molecule has 0 spiro atoms. The molecular formula is C12H13N3O3. The summed E-state index contributed by atoms with van der Waals surface area (Å²) < 4.78 is 0. The number of benzene rings is 1. The van der Waals surface area contributed by atoms with Gasteiger partial charge < -0.3 is 10.6 Å². The first-order valence-corrected chi connectivity index (χ1v) is 5.53. The number of anilines is 1. The molecular weight excluding hydrogens is 234 g/mol. The third-order valence-electron chi connectivity index (χ3n) is 2.88. The maximum atomic E-state index is 11.8. The van der Waals surface area contributed by atoms with Gasteiger partial charge in [-0.25, -0.2) is 0 Å². The lowest BCUT2D eigenvalue weighted by atomic mass is 10.0. The second kappa shape index (κ2) is 4.97. The van der Waals surface area contributed by atoms with Gasteiger partial charge in [-0.3, -0.25) is 14.9 Å². The van der Waals surface area contributed by atoms with Gasteiger partial charge >= 0.3 is 0 Å². The second-order valence-corrected chi connectivity index (χ2v) is 4.09. The van der Waals surface area contributed by atoms with E-state index in [2.05, 4.69) is 10.6 Å². The molecule has 6 nitrogen and oxygen atoms in total. The van der Waals surface area contributed by atoms with Gasteiger partial charge in [0.2, 0.25) is 0 Å². The number of nitrogens with one attached hydrogen (secondary N) is 2. The predicted octanol–water partition coefficient (Wildman–Crippen LogP) is 1.45. The molecule has 94 valence electrons. The van der Waals surface area contributed by atoms with E-state index in [1.165, 1.54) is 24.3 Å². The summed E-state index contributed by atoms with van der Waals surface area (Å²) in [7, 11) is 0. The SMILES string of the molecule is CC(C(=O)Nc1ccc([N+](=O)[O-])cc1)=C1CNC1. The van der Waals surface area contributed by atoms with Gasteiger partial charge in [0.15, 0.2) is 0 Å². The Morgan fingerprint density at radius 1 is 1.33 bits per heavy atom. The molecule has 2 rings (SSSR count). The topological polar surface area (TPSA) is 84.3 Å². The number of hydrogen-bond donors (Lipinski definition) is 2. The summed E-state index contributed by atoms with van der Waals surface area (Å²) >= 11 is 0. The third-order valence-corrected chi connectivity index (χ3v) is 2.88. The lowest BCUT2D eigenvalue weighted by Gasteiger charge is -2.21. The number of nitro groups is 1. The summed E-state index contributed by atoms with van der Waals surface area (Å²) in [5.41, 5.74) is 2.35. The minimum Gasteiger partial charge on any atom is -0.322 e. The Morgan fingerprint density at radius 2 is 1.94 bits per heavy atom. The first kappa shape index (κ1) is 12.3. The average molecular weight is 247 g/mol. The first-order chi connectivity index (χ1) is 8.58. The molecule has 2 N–H and O–H groups in total. The van der Waals surface area contributed by atoms with Crippen molar-refractivity contribution in [2.24, 2.45) is 0 Å². The Morgan fingerprint density at radius 3 is 2.39 bits per heavy atom. The predicted molar refractivity (Wildman–Crippen MR) is 67.3 cm³/mol. The van der Waals surface area contributed by atoms with Crippen LogP contribution in [0.2, 0.25) is 0 Å². The van der Waals surface area contributed by atoms with Crippen LogP contribution in [-0.2, 0) is 4.79 Å². The van der Waals surface area contributed by atoms with Crippen LogP contribution in [-0.4, -0.2) is 23.9 Å². The molecule has 0 radical (unpaired) electrons. The molecule has 1 heterocycles. The number of hydrogen-bond acceptors (Lipinski definition) is 4. The van der Waals surface area contributed by atoms with Crippen LogP contribution in [0.3, 0.4) is 0 Å². The molecule has 0 saturated carbocycles. The van der Waals surface area contributed by atoms with Crippen molar-refractivity contribution in [1.29, 1.82) is 0 Å². The Labute approximate surface area is 104 Å². The Bertz CT molecular complexity index is 514. The molecule has 0 bridgehead atoms. The van der Waals surface area contributed by atoms with Crippen molar-refractivity contribution in [3.8, 4) is 0 Å². The third kappa shape index (κ3) is 2.54. The molecule has 1 saturated heterocycles. The fourth-order valence-corrected chi connectivity index (χ4v) is 1.57. The Balaban J connectivity index is 2.05. The zero-order valence-electron chi connectivity index (χ0n) is 9.90. The summed E-state index contributed by atoms with van der Waals surface area (Å²) in [5.74, 6) is -0.166. The van der Waals surface area contributed by atoms with Gasteiger partial charge in [0.05, 0.1) is 4.92 Å². The van der Waals surface area contributed by atoms with Crippen LogP contribution in [0.15, 0.2) is 35.4 Å². The Kier molecular flexibility index (Phi) is 3.38. The van der Waals surface area contributed by atoms with Crippen molar-refractivity contribution in [2.75, 3.05) is 18.4 Å². The van der Waals surface area contributed by atoms with Gasteiger partial charge in [-0.05, 0) is 24.6 Å². The van der Waals surface area contributed by atoms with Crippen LogP contribution in [0.1, 0.15) is 6.92 Å². The summed E-state index contributed by atoms with van der Waals surface area (Å²) in [6.45, 7) is 3.27. The molecule has 0 unspecified atom stereocenters. The number of carbonyl (C=O) groups excluding carboxylic acids is 1. The van der Waals surface area contributed by atoms with E-state index in [1.54, 1.807) is 6.92 Å². The van der Waals surface area contributed by atoms with Crippen molar-refractivity contribution < 1.29 is 9.72 Å². The van der Waals surface area contributed by atoms with Crippen molar-refractivity contribution in [1.82, 2.24) is 5.32 Å². The fraction of sp³-hybridized carbons (Fsp3) is 0.250. The molecule has 1 aromatic carbocycles. The summed E-state index contributed by atoms with van der Waals surface area (Å²) in [6, 6.07) is 5.77. The molecule has 0 aliphatic carbocycles. The highest BCUT2D eigenvalue weighted by atomic mass is 16.6. The first-order valence-electron chi connectivity index (χ1n) is 5.53. The molecule has 1 aromatic rings. The van der Waals surface area contributed by atoms with E-state index < -0.39 is 4.92 Å². The van der Waals surface area contributed by atoms with Crippen molar-refractivity contribution in [2.45, 2.75) is 6.92 Å². The minimum absolute atomic E-state index is 0.00580. The van der Waals surface area contributed by atoms with Gasteiger partial charge in [-0.2, -0.15) is 0 Å². The quantitative estimate of drug-likeness (QED) is 0.481. The lowest BCUT2D eigenvalue weighted by molar-refractivity contribution is -0.384. The number of nitrogens with zero attached hydrogens (tertiary/aromatic N) is 1. The van der Waals surface area contributed by atoms with Crippen LogP contribution in [0.5, 0.6) is 0 Å². The van der Waals surface area contributed by atoms with Crippen LogP contribution in [0.4, 0.5) is 11.4 Å². The number of amides is 1. The Hall–Kier alpha value is -2.21. The molecule has 6 heteroatoms. The second-order valence-electron chi connectivity index (χ2n) is 4.09. The molecule has 18 heavy (non-hydrogen) atoms.